The number of rotatable bonds is 15. The van der Waals surface area contributed by atoms with Gasteiger partial charge in [0.05, 0.1) is 16.5 Å². The van der Waals surface area contributed by atoms with Crippen molar-refractivity contribution in [2.45, 2.75) is 128 Å². The van der Waals surface area contributed by atoms with Crippen molar-refractivity contribution in [2.75, 3.05) is 13.2 Å². The summed E-state index contributed by atoms with van der Waals surface area (Å²) < 4.78 is 23.9. The van der Waals surface area contributed by atoms with Crippen molar-refractivity contribution >= 4 is 40.1 Å². The van der Waals surface area contributed by atoms with E-state index in [0.29, 0.717) is 48.3 Å². The van der Waals surface area contributed by atoms with Gasteiger partial charge in [0.25, 0.3) is 5.91 Å². The standard InChI is InChI=1S/C18H20N2O2.C17H28N2O3.C4H7NO2S/c1-5-10(2)18-20-15(9-22-18)14-8-16(21)13-7-6-11(3)12(4)17(13)19-14;1-3-4-5-6-12-22-13(2)17(21)19-11-7-8-15(19)16(20)18-14-9-10-14;6-3-5-8(7)4-1-2-4/h6-10H,5H2,1-4H3,(H,19,21);3,13-15H,1,4-12H2,2H3,(H,18,20);3-4H,1-2H2,(H,5,6)/t;13-,15?;/m.1./s1. The van der Waals surface area contributed by atoms with Crippen LogP contribution >= 0.6 is 0 Å². The summed E-state index contributed by atoms with van der Waals surface area (Å²) in [6, 6.07) is 5.47. The summed E-state index contributed by atoms with van der Waals surface area (Å²) in [6.45, 7) is 14.9. The zero-order chi connectivity index (χ0) is 37.8. The number of ether oxygens (including phenoxy) is 1. The molecule has 284 valence electrons. The number of allylic oxidation sites excluding steroid dienone is 1. The second kappa shape index (κ2) is 19.7. The lowest BCUT2D eigenvalue weighted by Gasteiger charge is -2.26. The molecular weight excluding hydrogens is 683 g/mol. The zero-order valence-electron chi connectivity index (χ0n) is 31.2. The van der Waals surface area contributed by atoms with E-state index in [0.717, 1.165) is 80.9 Å². The maximum absolute atomic E-state index is 12.5. The lowest BCUT2D eigenvalue weighted by molar-refractivity contribution is -0.147. The molecule has 0 spiro atoms. The van der Waals surface area contributed by atoms with Gasteiger partial charge in [-0.05, 0) is 102 Å². The predicted octanol–water partition coefficient (Wildman–Crippen LogP) is 5.89. The van der Waals surface area contributed by atoms with Crippen LogP contribution in [0.2, 0.25) is 0 Å². The van der Waals surface area contributed by atoms with Gasteiger partial charge in [-0.1, -0.05) is 26.0 Å². The monoisotopic (exact) mass is 737 g/mol. The first kappa shape index (κ1) is 40.7. The maximum atomic E-state index is 12.5. The van der Waals surface area contributed by atoms with E-state index in [2.05, 4.69) is 40.4 Å². The Morgan fingerprint density at radius 2 is 1.92 bits per heavy atom. The number of unbranched alkanes of at least 4 members (excludes halogenated alkanes) is 2. The number of hydrogen-bond donors (Lipinski definition) is 3. The van der Waals surface area contributed by atoms with Crippen LogP contribution < -0.4 is 15.5 Å². The fourth-order valence-corrected chi connectivity index (χ4v) is 6.57. The smallest absolute Gasteiger partial charge is 0.252 e. The molecule has 1 aromatic carbocycles. The molecule has 1 saturated heterocycles. The molecule has 52 heavy (non-hydrogen) atoms. The second-order valence-corrected chi connectivity index (χ2v) is 15.4. The number of aromatic nitrogens is 2. The van der Waals surface area contributed by atoms with Crippen LogP contribution in [-0.4, -0.2) is 73.9 Å². The van der Waals surface area contributed by atoms with Crippen molar-refractivity contribution in [3.63, 3.8) is 0 Å². The molecular formula is C39H55N5O7S. The van der Waals surface area contributed by atoms with Crippen LogP contribution in [0.3, 0.4) is 0 Å². The molecule has 3 fully saturated rings. The van der Waals surface area contributed by atoms with E-state index in [4.69, 9.17) is 9.15 Å². The summed E-state index contributed by atoms with van der Waals surface area (Å²) in [5, 5.41) is 3.96. The molecule has 0 radical (unpaired) electrons. The van der Waals surface area contributed by atoms with E-state index >= 15 is 0 Å². The minimum absolute atomic E-state index is 0.0000556. The Hall–Kier alpha value is -4.10. The van der Waals surface area contributed by atoms with E-state index in [9.17, 15) is 23.4 Å². The van der Waals surface area contributed by atoms with E-state index < -0.39 is 17.1 Å². The lowest BCUT2D eigenvalue weighted by atomic mass is 10.0. The maximum Gasteiger partial charge on any atom is 0.252 e. The van der Waals surface area contributed by atoms with Gasteiger partial charge in [0.2, 0.25) is 12.3 Å². The highest BCUT2D eigenvalue weighted by Gasteiger charge is 2.38. The first-order valence-corrected chi connectivity index (χ1v) is 19.7. The molecule has 3 amide bonds. The van der Waals surface area contributed by atoms with Crippen molar-refractivity contribution in [3.05, 3.63) is 64.4 Å². The van der Waals surface area contributed by atoms with Gasteiger partial charge >= 0.3 is 0 Å². The molecule has 0 bridgehead atoms. The largest absolute Gasteiger partial charge is 0.448 e. The molecule has 3 heterocycles. The first-order chi connectivity index (χ1) is 25.0. The van der Waals surface area contributed by atoms with Crippen molar-refractivity contribution in [1.82, 2.24) is 24.9 Å². The van der Waals surface area contributed by atoms with Crippen LogP contribution in [-0.2, 0) is 30.1 Å². The molecule has 3 aliphatic rings. The quantitative estimate of drug-likeness (QED) is 0.0988. The number of pyridine rings is 1. The van der Waals surface area contributed by atoms with Crippen molar-refractivity contribution in [2.24, 2.45) is 0 Å². The van der Waals surface area contributed by atoms with Crippen LogP contribution in [0.25, 0.3) is 22.3 Å². The fraction of sp³-hybridized carbons (Fsp3) is 0.564. The number of H-pyrrole nitrogens is 1. The minimum atomic E-state index is -1.08. The van der Waals surface area contributed by atoms with Crippen LogP contribution in [0.4, 0.5) is 0 Å². The third-order valence-corrected chi connectivity index (χ3v) is 11.0. The number of benzene rings is 1. The van der Waals surface area contributed by atoms with Crippen LogP contribution in [0.1, 0.15) is 108 Å². The molecule has 4 atom stereocenters. The van der Waals surface area contributed by atoms with Gasteiger partial charge in [-0.3, -0.25) is 23.9 Å². The Morgan fingerprint density at radius 3 is 2.58 bits per heavy atom. The lowest BCUT2D eigenvalue weighted by Crippen LogP contribution is -2.49. The van der Waals surface area contributed by atoms with Crippen molar-refractivity contribution in [3.8, 4) is 11.4 Å². The number of carbonyl (C=O) groups is 3. The van der Waals surface area contributed by atoms with Crippen LogP contribution in [0, 0.1) is 13.8 Å². The van der Waals surface area contributed by atoms with Gasteiger partial charge < -0.3 is 24.4 Å². The molecule has 2 aliphatic carbocycles. The van der Waals surface area contributed by atoms with Gasteiger partial charge in [-0.2, -0.15) is 0 Å². The molecule has 13 heteroatoms. The number of nitrogens with one attached hydrogen (secondary N) is 3. The molecule has 3 aromatic rings. The number of oxazole rings is 1. The highest BCUT2D eigenvalue weighted by atomic mass is 32.2. The van der Waals surface area contributed by atoms with Gasteiger partial charge in [-0.25, -0.2) is 9.19 Å². The zero-order valence-corrected chi connectivity index (χ0v) is 32.0. The van der Waals surface area contributed by atoms with Gasteiger partial charge in [-0.15, -0.1) is 6.58 Å². The summed E-state index contributed by atoms with van der Waals surface area (Å²) in [5.41, 5.74) is 4.48. The molecule has 12 nitrogen and oxygen atoms in total. The summed E-state index contributed by atoms with van der Waals surface area (Å²) >= 11 is 0. The topological polar surface area (TPSA) is 164 Å². The second-order valence-electron chi connectivity index (χ2n) is 13.9. The molecule has 3 unspecified atom stereocenters. The number of likely N-dealkylation sites (tertiary alicyclic amines) is 1. The molecule has 6 rings (SSSR count). The molecule has 1 aliphatic heterocycles. The first-order valence-electron chi connectivity index (χ1n) is 18.5. The Labute approximate surface area is 309 Å². The fourth-order valence-electron chi connectivity index (χ4n) is 5.72. The van der Waals surface area contributed by atoms with Crippen LogP contribution in [0.5, 0.6) is 0 Å². The Kier molecular flexibility index (Phi) is 15.4. The number of hydrogen-bond acceptors (Lipinski definition) is 8. The Bertz CT molecular complexity index is 1760. The third kappa shape index (κ3) is 11.4. The molecule has 2 aromatic heterocycles. The van der Waals surface area contributed by atoms with E-state index in [1.54, 1.807) is 24.2 Å². The molecule has 3 N–H and O–H groups in total. The van der Waals surface area contributed by atoms with E-state index in [-0.39, 0.29) is 34.5 Å². The highest BCUT2D eigenvalue weighted by molar-refractivity contribution is 7.84. The molecule has 2 saturated carbocycles. The predicted molar refractivity (Wildman–Crippen MR) is 204 cm³/mol. The number of carbonyl (C=O) groups excluding carboxylic acids is 3. The summed E-state index contributed by atoms with van der Waals surface area (Å²) in [4.78, 5) is 56.3. The number of fused-ring (bicyclic) bond motifs is 1. The minimum Gasteiger partial charge on any atom is -0.448 e. The highest BCUT2D eigenvalue weighted by Crippen LogP contribution is 2.26. The van der Waals surface area contributed by atoms with Gasteiger partial charge in [0, 0.05) is 36.6 Å². The number of amides is 3. The van der Waals surface area contributed by atoms with E-state index in [1.807, 2.05) is 32.1 Å². The normalized spacial score (nSPS) is 18.2. The number of aromatic amines is 1. The van der Waals surface area contributed by atoms with Gasteiger partial charge in [0.1, 0.15) is 35.1 Å². The Balaban J connectivity index is 0.000000192. The third-order valence-electron chi connectivity index (χ3n) is 9.64. The number of aryl methyl sites for hydroxylation is 2. The SMILES string of the molecule is C=CCCCCO[C@H](C)C(=O)N1CCCC1C(=O)NC1CC1.CCC(C)c1nc(-c2cc(=O)c3ccc(C)c(C)c3[nH]2)co1.O=CNS(=O)C1CC1. The van der Waals surface area contributed by atoms with Crippen molar-refractivity contribution in [1.29, 1.82) is 0 Å². The Morgan fingerprint density at radius 1 is 1.17 bits per heavy atom. The van der Waals surface area contributed by atoms with Gasteiger partial charge in [0.15, 0.2) is 11.3 Å². The summed E-state index contributed by atoms with van der Waals surface area (Å²) in [5.74, 6) is 0.924. The van der Waals surface area contributed by atoms with Crippen LogP contribution in [0.15, 0.2) is 46.3 Å². The summed E-state index contributed by atoms with van der Waals surface area (Å²) in [7, 11) is -1.08. The average Bonchev–Trinajstić information content (AvgIpc) is 4.05. The number of nitrogens with zero attached hydrogens (tertiary/aromatic N) is 2. The van der Waals surface area contributed by atoms with Crippen molar-refractivity contribution < 1.29 is 27.7 Å². The van der Waals surface area contributed by atoms with E-state index in [1.165, 1.54) is 0 Å². The summed E-state index contributed by atoms with van der Waals surface area (Å²) in [6.07, 6.45) is 13.2. The average molecular weight is 738 g/mol.